The molecule has 0 saturated heterocycles. The Hall–Kier alpha value is -2.82. The van der Waals surface area contributed by atoms with Gasteiger partial charge < -0.3 is 9.47 Å². The molecule has 3 rings (SSSR count). The van der Waals surface area contributed by atoms with Gasteiger partial charge in [-0.2, -0.15) is 0 Å². The standard InChI is InChI=1S/C20H12Cl2O4/c21-17-12-16(20(24)26-14-9-5-2-6-10-14)18(22)11-15(17)19(23)25-13-7-3-1-4-8-13/h1-12H. The number of benzene rings is 3. The van der Waals surface area contributed by atoms with E-state index in [2.05, 4.69) is 0 Å². The Balaban J connectivity index is 1.81. The van der Waals surface area contributed by atoms with Crippen LogP contribution in [0.5, 0.6) is 11.5 Å². The summed E-state index contributed by atoms with van der Waals surface area (Å²) >= 11 is 12.3. The second-order valence-corrected chi connectivity index (χ2v) is 6.03. The number of halogens is 2. The van der Waals surface area contributed by atoms with Crippen LogP contribution in [0.1, 0.15) is 20.7 Å². The van der Waals surface area contributed by atoms with E-state index in [1.165, 1.54) is 12.1 Å². The van der Waals surface area contributed by atoms with Crippen LogP contribution in [0.15, 0.2) is 72.8 Å². The molecule has 0 aliphatic heterocycles. The monoisotopic (exact) mass is 386 g/mol. The minimum atomic E-state index is -0.675. The number of rotatable bonds is 4. The van der Waals surface area contributed by atoms with Gasteiger partial charge in [0.25, 0.3) is 0 Å². The minimum absolute atomic E-state index is 0.0374. The lowest BCUT2D eigenvalue weighted by atomic mass is 10.1. The lowest BCUT2D eigenvalue weighted by Crippen LogP contribution is -2.13. The van der Waals surface area contributed by atoms with Gasteiger partial charge >= 0.3 is 11.9 Å². The summed E-state index contributed by atoms with van der Waals surface area (Å²) in [4.78, 5) is 24.6. The minimum Gasteiger partial charge on any atom is -0.423 e. The van der Waals surface area contributed by atoms with E-state index in [0.29, 0.717) is 11.5 Å². The van der Waals surface area contributed by atoms with E-state index in [0.717, 1.165) is 0 Å². The maximum absolute atomic E-state index is 12.3. The Bertz CT molecular complexity index is 862. The summed E-state index contributed by atoms with van der Waals surface area (Å²) in [5, 5.41) is 0.0747. The van der Waals surface area contributed by atoms with Crippen molar-refractivity contribution in [3.8, 4) is 11.5 Å². The number of para-hydroxylation sites is 2. The summed E-state index contributed by atoms with van der Waals surface area (Å²) in [5.74, 6) is -0.605. The van der Waals surface area contributed by atoms with Gasteiger partial charge in [0.05, 0.1) is 21.2 Å². The summed E-state index contributed by atoms with van der Waals surface area (Å²) in [6.45, 7) is 0. The van der Waals surface area contributed by atoms with E-state index in [1.54, 1.807) is 60.7 Å². The van der Waals surface area contributed by atoms with E-state index in [4.69, 9.17) is 32.7 Å². The Morgan fingerprint density at radius 3 is 1.31 bits per heavy atom. The van der Waals surface area contributed by atoms with Crippen molar-refractivity contribution in [2.75, 3.05) is 0 Å². The Labute approximate surface area is 159 Å². The zero-order valence-corrected chi connectivity index (χ0v) is 14.8. The van der Waals surface area contributed by atoms with Crippen molar-refractivity contribution in [2.24, 2.45) is 0 Å². The fraction of sp³-hybridized carbons (Fsp3) is 0. The molecular weight excluding hydrogens is 375 g/mol. The van der Waals surface area contributed by atoms with Gasteiger partial charge in [-0.15, -0.1) is 0 Å². The predicted octanol–water partition coefficient (Wildman–Crippen LogP) is 5.43. The highest BCUT2D eigenvalue weighted by molar-refractivity contribution is 6.37. The lowest BCUT2D eigenvalue weighted by molar-refractivity contribution is 0.0720. The molecule has 26 heavy (non-hydrogen) atoms. The maximum Gasteiger partial charge on any atom is 0.345 e. The van der Waals surface area contributed by atoms with Crippen LogP contribution >= 0.6 is 23.2 Å². The van der Waals surface area contributed by atoms with Gasteiger partial charge in [-0.25, -0.2) is 9.59 Å². The summed E-state index contributed by atoms with van der Waals surface area (Å²) in [6, 6.07) is 19.7. The largest absolute Gasteiger partial charge is 0.423 e. The fourth-order valence-electron chi connectivity index (χ4n) is 2.16. The first-order valence-corrected chi connectivity index (χ1v) is 8.33. The molecule has 3 aromatic carbocycles. The summed E-state index contributed by atoms with van der Waals surface area (Å²) in [6.07, 6.45) is 0. The Morgan fingerprint density at radius 1 is 0.615 bits per heavy atom. The molecule has 130 valence electrons. The topological polar surface area (TPSA) is 52.6 Å². The number of esters is 2. The summed E-state index contributed by atoms with van der Waals surface area (Å²) < 4.78 is 10.5. The highest BCUT2D eigenvalue weighted by atomic mass is 35.5. The summed E-state index contributed by atoms with van der Waals surface area (Å²) in [5.41, 5.74) is 0.105. The van der Waals surface area contributed by atoms with E-state index in [1.807, 2.05) is 0 Å². The van der Waals surface area contributed by atoms with Gasteiger partial charge in [-0.3, -0.25) is 0 Å². The summed E-state index contributed by atoms with van der Waals surface area (Å²) in [7, 11) is 0. The van der Waals surface area contributed by atoms with Crippen molar-refractivity contribution in [3.63, 3.8) is 0 Å². The molecule has 0 N–H and O–H groups in total. The molecule has 0 bridgehead atoms. The molecule has 0 atom stereocenters. The van der Waals surface area contributed by atoms with E-state index >= 15 is 0 Å². The van der Waals surface area contributed by atoms with E-state index < -0.39 is 11.9 Å². The first-order valence-electron chi connectivity index (χ1n) is 7.58. The lowest BCUT2D eigenvalue weighted by Gasteiger charge is -2.10. The molecule has 4 nitrogen and oxygen atoms in total. The van der Waals surface area contributed by atoms with Crippen molar-refractivity contribution in [1.82, 2.24) is 0 Å². The number of ether oxygens (including phenoxy) is 2. The van der Waals surface area contributed by atoms with Gasteiger partial charge in [0.2, 0.25) is 0 Å². The molecule has 0 aliphatic carbocycles. The Kier molecular flexibility index (Phi) is 5.56. The van der Waals surface area contributed by atoms with Crippen LogP contribution < -0.4 is 9.47 Å². The van der Waals surface area contributed by atoms with Gasteiger partial charge in [0.15, 0.2) is 0 Å². The number of hydrogen-bond donors (Lipinski definition) is 0. The second-order valence-electron chi connectivity index (χ2n) is 5.22. The van der Waals surface area contributed by atoms with Crippen molar-refractivity contribution < 1.29 is 19.1 Å². The highest BCUT2D eigenvalue weighted by Gasteiger charge is 2.20. The highest BCUT2D eigenvalue weighted by Crippen LogP contribution is 2.27. The molecule has 0 radical (unpaired) electrons. The fourth-order valence-corrected chi connectivity index (χ4v) is 2.64. The normalized spacial score (nSPS) is 10.2. The van der Waals surface area contributed by atoms with Gasteiger partial charge in [-0.1, -0.05) is 59.6 Å². The van der Waals surface area contributed by atoms with Crippen LogP contribution in [-0.4, -0.2) is 11.9 Å². The van der Waals surface area contributed by atoms with Crippen LogP contribution in [0.2, 0.25) is 10.0 Å². The van der Waals surface area contributed by atoms with Gasteiger partial charge in [0.1, 0.15) is 11.5 Å². The molecule has 0 fully saturated rings. The molecule has 0 spiro atoms. The van der Waals surface area contributed by atoms with Crippen molar-refractivity contribution in [3.05, 3.63) is 94.0 Å². The molecule has 0 aromatic heterocycles. The smallest absolute Gasteiger partial charge is 0.345 e. The van der Waals surface area contributed by atoms with Crippen molar-refractivity contribution >= 4 is 35.1 Å². The molecule has 6 heteroatoms. The quantitative estimate of drug-likeness (QED) is 0.442. The third kappa shape index (κ3) is 4.23. The predicted molar refractivity (Wildman–Crippen MR) is 99.3 cm³/mol. The number of carbonyl (C=O) groups is 2. The van der Waals surface area contributed by atoms with Crippen molar-refractivity contribution in [2.45, 2.75) is 0 Å². The number of hydrogen-bond acceptors (Lipinski definition) is 4. The first-order chi connectivity index (χ1) is 12.5. The molecular formula is C20H12Cl2O4. The van der Waals surface area contributed by atoms with Crippen LogP contribution in [0.3, 0.4) is 0 Å². The van der Waals surface area contributed by atoms with Crippen LogP contribution in [0.4, 0.5) is 0 Å². The number of carbonyl (C=O) groups excluding carboxylic acids is 2. The van der Waals surface area contributed by atoms with Crippen LogP contribution in [0, 0.1) is 0 Å². The third-order valence-corrected chi connectivity index (χ3v) is 4.03. The van der Waals surface area contributed by atoms with Crippen LogP contribution in [0.25, 0.3) is 0 Å². The van der Waals surface area contributed by atoms with Crippen LogP contribution in [-0.2, 0) is 0 Å². The molecule has 0 aliphatic rings. The average molecular weight is 387 g/mol. The van der Waals surface area contributed by atoms with E-state index in [-0.39, 0.29) is 21.2 Å². The zero-order valence-electron chi connectivity index (χ0n) is 13.3. The Morgan fingerprint density at radius 2 is 0.962 bits per heavy atom. The van der Waals surface area contributed by atoms with E-state index in [9.17, 15) is 9.59 Å². The molecule has 0 unspecified atom stereocenters. The third-order valence-electron chi connectivity index (χ3n) is 3.40. The maximum atomic E-state index is 12.3. The molecule has 0 amide bonds. The molecule has 3 aromatic rings. The van der Waals surface area contributed by atoms with Crippen molar-refractivity contribution in [1.29, 1.82) is 0 Å². The SMILES string of the molecule is O=C(Oc1ccccc1)c1cc(Cl)c(C(=O)Oc2ccccc2)cc1Cl. The molecule has 0 heterocycles. The van der Waals surface area contributed by atoms with Gasteiger partial charge in [0, 0.05) is 0 Å². The molecule has 0 saturated carbocycles. The first kappa shape index (κ1) is 18.0. The second kappa shape index (κ2) is 8.04. The zero-order chi connectivity index (χ0) is 18.5. The van der Waals surface area contributed by atoms with Gasteiger partial charge in [-0.05, 0) is 36.4 Å². The average Bonchev–Trinajstić information content (AvgIpc) is 2.64.